The van der Waals surface area contributed by atoms with Crippen LogP contribution in [0.1, 0.15) is 12.0 Å². The number of fused-ring (bicyclic) bond motifs is 1. The third-order valence-corrected chi connectivity index (χ3v) is 2.49. The number of hydrogen-bond donors (Lipinski definition) is 2. The van der Waals surface area contributed by atoms with Crippen LogP contribution in [-0.4, -0.2) is 17.4 Å². The Morgan fingerprint density at radius 3 is 3.00 bits per heavy atom. The molecule has 0 unspecified atom stereocenters. The molecule has 1 aromatic heterocycles. The number of rotatable bonds is 0. The van der Waals surface area contributed by atoms with Gasteiger partial charge in [-0.3, -0.25) is 4.79 Å². The quantitative estimate of drug-likeness (QED) is 0.760. The zero-order chi connectivity index (χ0) is 9.97. The molecule has 1 amide bonds. The molecule has 1 aliphatic heterocycles. The summed E-state index contributed by atoms with van der Waals surface area (Å²) in [6.45, 7) is 1.17. The van der Waals surface area contributed by atoms with Crippen molar-refractivity contribution in [1.29, 1.82) is 0 Å². The van der Waals surface area contributed by atoms with Gasteiger partial charge in [0, 0.05) is 35.7 Å². The Balaban J connectivity index is 0.00000112. The number of anilines is 1. The molecule has 0 saturated carbocycles. The van der Waals surface area contributed by atoms with E-state index in [0.29, 0.717) is 19.5 Å². The van der Waals surface area contributed by atoms with Crippen LogP contribution in [-0.2, 0) is 11.3 Å². The molecule has 4 nitrogen and oxygen atoms in total. The van der Waals surface area contributed by atoms with Crippen molar-refractivity contribution in [3.05, 3.63) is 22.3 Å². The van der Waals surface area contributed by atoms with Crippen molar-refractivity contribution in [3.8, 4) is 0 Å². The van der Waals surface area contributed by atoms with Gasteiger partial charge in [0.2, 0.25) is 5.91 Å². The van der Waals surface area contributed by atoms with Crippen molar-refractivity contribution in [2.75, 3.05) is 11.9 Å². The van der Waals surface area contributed by atoms with E-state index in [1.54, 1.807) is 6.20 Å². The van der Waals surface area contributed by atoms with Gasteiger partial charge < -0.3 is 10.6 Å². The van der Waals surface area contributed by atoms with Crippen molar-refractivity contribution < 1.29 is 4.79 Å². The number of hydrogen-bond acceptors (Lipinski definition) is 3. The summed E-state index contributed by atoms with van der Waals surface area (Å²) in [5.74, 6) is 0.927. The lowest BCUT2D eigenvalue weighted by Gasteiger charge is -2.15. The van der Waals surface area contributed by atoms with E-state index in [9.17, 15) is 4.79 Å². The summed E-state index contributed by atoms with van der Waals surface area (Å²) in [6.07, 6.45) is 2.24. The molecule has 0 radical (unpaired) electrons. The maximum absolute atomic E-state index is 11.1. The number of pyridine rings is 1. The molecule has 0 bridgehead atoms. The van der Waals surface area contributed by atoms with Gasteiger partial charge in [0.1, 0.15) is 5.82 Å². The average molecular weight is 337 g/mol. The zero-order valence-electron chi connectivity index (χ0n) is 7.92. The van der Waals surface area contributed by atoms with E-state index in [-0.39, 0.29) is 22.9 Å². The van der Waals surface area contributed by atoms with Gasteiger partial charge in [-0.05, 0) is 22.0 Å². The Morgan fingerprint density at radius 2 is 2.20 bits per heavy atom. The topological polar surface area (TPSA) is 54.0 Å². The van der Waals surface area contributed by atoms with Crippen LogP contribution in [0.5, 0.6) is 0 Å². The van der Waals surface area contributed by atoms with Crippen molar-refractivity contribution in [3.63, 3.8) is 0 Å². The molecule has 0 aromatic carbocycles. The Kier molecular flexibility index (Phi) is 4.53. The fourth-order valence-corrected chi connectivity index (χ4v) is 1.73. The highest BCUT2D eigenvalue weighted by molar-refractivity contribution is 9.10. The molecule has 2 N–H and O–H groups in total. The van der Waals surface area contributed by atoms with Gasteiger partial charge in [-0.15, -0.1) is 17.0 Å². The van der Waals surface area contributed by atoms with Gasteiger partial charge in [-0.1, -0.05) is 0 Å². The fourth-order valence-electron chi connectivity index (χ4n) is 1.35. The Labute approximate surface area is 107 Å². The van der Waals surface area contributed by atoms with E-state index in [2.05, 4.69) is 31.5 Å². The van der Waals surface area contributed by atoms with E-state index in [1.165, 1.54) is 0 Å². The van der Waals surface area contributed by atoms with E-state index in [4.69, 9.17) is 0 Å². The molecule has 2 heterocycles. The van der Waals surface area contributed by atoms with Gasteiger partial charge in [-0.25, -0.2) is 4.98 Å². The monoisotopic (exact) mass is 335 g/mol. The number of carbonyl (C=O) groups excluding carboxylic acids is 1. The van der Waals surface area contributed by atoms with Gasteiger partial charge in [0.25, 0.3) is 0 Å². The van der Waals surface area contributed by atoms with E-state index < -0.39 is 0 Å². The molecular formula is C9H11Br2N3O. The van der Waals surface area contributed by atoms with Crippen LogP contribution in [0.2, 0.25) is 0 Å². The summed E-state index contributed by atoms with van der Waals surface area (Å²) in [7, 11) is 0. The molecule has 0 aliphatic carbocycles. The van der Waals surface area contributed by atoms with Crippen LogP contribution >= 0.6 is 32.9 Å². The van der Waals surface area contributed by atoms with Crippen LogP contribution in [0.3, 0.4) is 0 Å². The number of amides is 1. The molecule has 15 heavy (non-hydrogen) atoms. The number of nitrogens with one attached hydrogen (secondary N) is 2. The molecule has 82 valence electrons. The van der Waals surface area contributed by atoms with E-state index in [0.717, 1.165) is 15.9 Å². The Morgan fingerprint density at radius 1 is 1.40 bits per heavy atom. The second-order valence-electron chi connectivity index (χ2n) is 3.11. The standard InChI is InChI=1S/C9H10BrN3O.BrH/c10-7-3-6-4-12-8(14)1-2-11-9(6)13-5-7;/h3,5H,1-2,4H2,(H,11,13)(H,12,14);1H. The second kappa shape index (κ2) is 5.46. The highest BCUT2D eigenvalue weighted by atomic mass is 79.9. The van der Waals surface area contributed by atoms with Gasteiger partial charge >= 0.3 is 0 Å². The Bertz CT molecular complexity index is 370. The van der Waals surface area contributed by atoms with Crippen molar-refractivity contribution in [2.24, 2.45) is 0 Å². The average Bonchev–Trinajstić information content (AvgIpc) is 2.15. The third kappa shape index (κ3) is 3.17. The summed E-state index contributed by atoms with van der Waals surface area (Å²) >= 11 is 3.35. The lowest BCUT2D eigenvalue weighted by atomic mass is 10.2. The summed E-state index contributed by atoms with van der Waals surface area (Å²) in [6, 6.07) is 1.96. The first-order chi connectivity index (χ1) is 6.75. The van der Waals surface area contributed by atoms with Crippen LogP contribution in [0.25, 0.3) is 0 Å². The molecule has 0 spiro atoms. The van der Waals surface area contributed by atoms with Crippen LogP contribution < -0.4 is 10.6 Å². The maximum Gasteiger partial charge on any atom is 0.222 e. The first-order valence-corrected chi connectivity index (χ1v) is 5.20. The molecule has 0 atom stereocenters. The summed E-state index contributed by atoms with van der Waals surface area (Å²) in [4.78, 5) is 15.4. The predicted octanol–water partition coefficient (Wildman–Crippen LogP) is 1.85. The van der Waals surface area contributed by atoms with Gasteiger partial charge in [0.15, 0.2) is 0 Å². The molecule has 6 heteroatoms. The molecule has 0 saturated heterocycles. The van der Waals surface area contributed by atoms with Crippen LogP contribution in [0, 0.1) is 0 Å². The minimum Gasteiger partial charge on any atom is -0.369 e. The molecular weight excluding hydrogens is 326 g/mol. The molecule has 0 fully saturated rings. The zero-order valence-corrected chi connectivity index (χ0v) is 11.2. The number of halogens is 2. The van der Waals surface area contributed by atoms with Crippen LogP contribution in [0.4, 0.5) is 5.82 Å². The molecule has 2 rings (SSSR count). The normalized spacial score (nSPS) is 14.9. The van der Waals surface area contributed by atoms with E-state index in [1.807, 2.05) is 6.07 Å². The largest absolute Gasteiger partial charge is 0.369 e. The number of carbonyl (C=O) groups is 1. The highest BCUT2D eigenvalue weighted by Gasteiger charge is 2.10. The lowest BCUT2D eigenvalue weighted by Crippen LogP contribution is -2.28. The Hall–Kier alpha value is -0.620. The van der Waals surface area contributed by atoms with Crippen molar-refractivity contribution >= 4 is 44.6 Å². The molecule has 1 aromatic rings. The lowest BCUT2D eigenvalue weighted by molar-refractivity contribution is -0.121. The SMILES string of the molecule is Br.O=C1CCNc2ncc(Br)cc2CN1. The van der Waals surface area contributed by atoms with Crippen molar-refractivity contribution in [1.82, 2.24) is 10.3 Å². The number of aromatic nitrogens is 1. The summed E-state index contributed by atoms with van der Waals surface area (Å²) in [5.41, 5.74) is 1.01. The minimum absolute atomic E-state index is 0. The number of nitrogens with zero attached hydrogens (tertiary/aromatic N) is 1. The van der Waals surface area contributed by atoms with Gasteiger partial charge in [0.05, 0.1) is 0 Å². The summed E-state index contributed by atoms with van der Waals surface area (Å²) in [5, 5.41) is 5.96. The highest BCUT2D eigenvalue weighted by Crippen LogP contribution is 2.18. The van der Waals surface area contributed by atoms with E-state index >= 15 is 0 Å². The summed E-state index contributed by atoms with van der Waals surface area (Å²) < 4.78 is 0.924. The second-order valence-corrected chi connectivity index (χ2v) is 4.03. The molecule has 1 aliphatic rings. The minimum atomic E-state index is 0. The maximum atomic E-state index is 11.1. The first kappa shape index (κ1) is 12.4. The van der Waals surface area contributed by atoms with Gasteiger partial charge in [-0.2, -0.15) is 0 Å². The van der Waals surface area contributed by atoms with Crippen molar-refractivity contribution in [2.45, 2.75) is 13.0 Å². The smallest absolute Gasteiger partial charge is 0.222 e. The fraction of sp³-hybridized carbons (Fsp3) is 0.333. The third-order valence-electron chi connectivity index (χ3n) is 2.05. The van der Waals surface area contributed by atoms with Crippen LogP contribution in [0.15, 0.2) is 16.7 Å². The first-order valence-electron chi connectivity index (χ1n) is 4.41. The predicted molar refractivity (Wildman–Crippen MR) is 67.2 cm³/mol.